The molecule has 0 fully saturated rings. The Hall–Kier alpha value is -1.61. The van der Waals surface area contributed by atoms with Crippen LogP contribution in [-0.4, -0.2) is 12.9 Å². The molecule has 0 spiro atoms. The van der Waals surface area contributed by atoms with Gasteiger partial charge in [-0.3, -0.25) is 4.79 Å². The topological polar surface area (TPSA) is 26.3 Å². The first-order chi connectivity index (χ1) is 8.20. The zero-order valence-corrected chi connectivity index (χ0v) is 10.9. The molecule has 0 radical (unpaired) electrons. The van der Waals surface area contributed by atoms with E-state index in [0.717, 1.165) is 4.47 Å². The van der Waals surface area contributed by atoms with E-state index in [1.54, 1.807) is 31.4 Å². The van der Waals surface area contributed by atoms with E-state index in [4.69, 9.17) is 4.74 Å². The molecule has 0 heterocycles. The molecule has 17 heavy (non-hydrogen) atoms. The lowest BCUT2D eigenvalue weighted by Gasteiger charge is -2.04. The summed E-state index contributed by atoms with van der Waals surface area (Å²) in [6.45, 7) is 0. The quantitative estimate of drug-likeness (QED) is 0.806. The van der Waals surface area contributed by atoms with E-state index in [0.29, 0.717) is 16.9 Å². The molecule has 0 unspecified atom stereocenters. The predicted octanol–water partition coefficient (Wildman–Crippen LogP) is 3.69. The summed E-state index contributed by atoms with van der Waals surface area (Å²) in [6.07, 6.45) is 0. The third kappa shape index (κ3) is 2.74. The molecule has 0 atom stereocenters. The molecule has 0 aliphatic heterocycles. The summed E-state index contributed by atoms with van der Waals surface area (Å²) in [5.41, 5.74) is 1.30. The van der Waals surface area contributed by atoms with Crippen molar-refractivity contribution < 1.29 is 9.53 Å². The number of hydrogen-bond acceptors (Lipinski definition) is 2. The van der Waals surface area contributed by atoms with Crippen LogP contribution in [0.1, 0.15) is 15.9 Å². The van der Waals surface area contributed by atoms with Gasteiger partial charge in [-0.1, -0.05) is 28.1 Å². The molecule has 2 rings (SSSR count). The van der Waals surface area contributed by atoms with Crippen LogP contribution < -0.4 is 4.74 Å². The Morgan fingerprint density at radius 3 is 2.41 bits per heavy atom. The lowest BCUT2D eigenvalue weighted by Crippen LogP contribution is -2.01. The van der Waals surface area contributed by atoms with E-state index < -0.39 is 0 Å². The lowest BCUT2D eigenvalue weighted by molar-refractivity contribution is 0.103. The van der Waals surface area contributed by atoms with Crippen LogP contribution >= 0.6 is 15.9 Å². The van der Waals surface area contributed by atoms with E-state index in [9.17, 15) is 4.79 Å². The van der Waals surface area contributed by atoms with Gasteiger partial charge in [0, 0.05) is 15.6 Å². The van der Waals surface area contributed by atoms with Crippen molar-refractivity contribution in [3.8, 4) is 5.75 Å². The van der Waals surface area contributed by atoms with Crippen molar-refractivity contribution in [3.05, 3.63) is 64.1 Å². The first-order valence-electron chi connectivity index (χ1n) is 5.15. The molecule has 0 aromatic heterocycles. The van der Waals surface area contributed by atoms with Crippen LogP contribution in [-0.2, 0) is 0 Å². The minimum Gasteiger partial charge on any atom is -0.497 e. The number of ketones is 1. The minimum atomic E-state index is -0.00333. The smallest absolute Gasteiger partial charge is 0.193 e. The Morgan fingerprint density at radius 2 is 1.76 bits per heavy atom. The Morgan fingerprint density at radius 1 is 1.06 bits per heavy atom. The Bertz CT molecular complexity index is 532. The number of halogens is 1. The molecule has 0 amide bonds. The summed E-state index contributed by atoms with van der Waals surface area (Å²) < 4.78 is 6.06. The van der Waals surface area contributed by atoms with Gasteiger partial charge in [-0.15, -0.1) is 0 Å². The van der Waals surface area contributed by atoms with Crippen molar-refractivity contribution >= 4 is 21.7 Å². The van der Waals surface area contributed by atoms with Crippen LogP contribution in [0.25, 0.3) is 0 Å². The van der Waals surface area contributed by atoms with Crippen molar-refractivity contribution in [3.63, 3.8) is 0 Å². The van der Waals surface area contributed by atoms with Gasteiger partial charge in [0.2, 0.25) is 0 Å². The van der Waals surface area contributed by atoms with Gasteiger partial charge in [-0.05, 0) is 36.4 Å². The average Bonchev–Trinajstić information content (AvgIpc) is 2.39. The summed E-state index contributed by atoms with van der Waals surface area (Å²) in [6, 6.07) is 14.5. The summed E-state index contributed by atoms with van der Waals surface area (Å²) in [4.78, 5) is 12.2. The van der Waals surface area contributed by atoms with E-state index in [1.807, 2.05) is 24.3 Å². The van der Waals surface area contributed by atoms with Crippen LogP contribution in [0.4, 0.5) is 0 Å². The first kappa shape index (κ1) is 11.9. The molecule has 86 valence electrons. The maximum atomic E-state index is 12.2. The zero-order valence-electron chi connectivity index (χ0n) is 9.31. The molecule has 0 saturated heterocycles. The molecule has 0 N–H and O–H groups in total. The summed E-state index contributed by atoms with van der Waals surface area (Å²) in [5.74, 6) is 0.685. The Kier molecular flexibility index (Phi) is 3.59. The van der Waals surface area contributed by atoms with E-state index in [-0.39, 0.29) is 5.78 Å². The number of methoxy groups -OCH3 is 1. The highest BCUT2D eigenvalue weighted by Crippen LogP contribution is 2.17. The highest BCUT2D eigenvalue weighted by molar-refractivity contribution is 9.10. The van der Waals surface area contributed by atoms with Gasteiger partial charge in [-0.25, -0.2) is 0 Å². The minimum absolute atomic E-state index is 0.00333. The molecule has 3 heteroatoms. The van der Waals surface area contributed by atoms with E-state index in [2.05, 4.69) is 15.9 Å². The maximum absolute atomic E-state index is 12.2. The van der Waals surface area contributed by atoms with E-state index >= 15 is 0 Å². The third-order valence-electron chi connectivity index (χ3n) is 2.44. The molecule has 2 aromatic carbocycles. The standard InChI is InChI=1S/C14H11BrO2/c1-17-13-4-2-3-11(9-13)14(16)10-5-7-12(15)8-6-10/h2-9H,1H3. The largest absolute Gasteiger partial charge is 0.497 e. The summed E-state index contributed by atoms with van der Waals surface area (Å²) in [7, 11) is 1.59. The van der Waals surface area contributed by atoms with Gasteiger partial charge in [0.05, 0.1) is 7.11 Å². The van der Waals surface area contributed by atoms with Crippen LogP contribution in [0.3, 0.4) is 0 Å². The number of rotatable bonds is 3. The predicted molar refractivity (Wildman–Crippen MR) is 70.6 cm³/mol. The molecule has 2 nitrogen and oxygen atoms in total. The van der Waals surface area contributed by atoms with Crippen LogP contribution in [0.5, 0.6) is 5.75 Å². The Labute approximate surface area is 108 Å². The fraction of sp³-hybridized carbons (Fsp3) is 0.0714. The van der Waals surface area contributed by atoms with Gasteiger partial charge < -0.3 is 4.74 Å². The lowest BCUT2D eigenvalue weighted by atomic mass is 10.0. The maximum Gasteiger partial charge on any atom is 0.193 e. The molecule has 0 saturated carbocycles. The Balaban J connectivity index is 2.33. The third-order valence-corrected chi connectivity index (χ3v) is 2.97. The molecular formula is C14H11BrO2. The molecule has 2 aromatic rings. The fourth-order valence-corrected chi connectivity index (χ4v) is 1.80. The van der Waals surface area contributed by atoms with Crippen molar-refractivity contribution in [1.29, 1.82) is 0 Å². The zero-order chi connectivity index (χ0) is 12.3. The summed E-state index contributed by atoms with van der Waals surface area (Å²) in [5, 5.41) is 0. The SMILES string of the molecule is COc1cccc(C(=O)c2ccc(Br)cc2)c1. The highest BCUT2D eigenvalue weighted by Gasteiger charge is 2.09. The van der Waals surface area contributed by atoms with Crippen LogP contribution in [0.15, 0.2) is 53.0 Å². The van der Waals surface area contributed by atoms with E-state index in [1.165, 1.54) is 0 Å². The second-order valence-electron chi connectivity index (χ2n) is 3.57. The number of carbonyl (C=O) groups is 1. The number of benzene rings is 2. The van der Waals surface area contributed by atoms with Gasteiger partial charge >= 0.3 is 0 Å². The van der Waals surface area contributed by atoms with Gasteiger partial charge in [0.1, 0.15) is 5.75 Å². The summed E-state index contributed by atoms with van der Waals surface area (Å²) >= 11 is 3.34. The van der Waals surface area contributed by atoms with Crippen molar-refractivity contribution in [2.24, 2.45) is 0 Å². The monoisotopic (exact) mass is 290 g/mol. The normalized spacial score (nSPS) is 10.0. The number of hydrogen-bond donors (Lipinski definition) is 0. The van der Waals surface area contributed by atoms with Gasteiger partial charge in [-0.2, -0.15) is 0 Å². The van der Waals surface area contributed by atoms with Crippen molar-refractivity contribution in [2.75, 3.05) is 7.11 Å². The average molecular weight is 291 g/mol. The van der Waals surface area contributed by atoms with Crippen LogP contribution in [0.2, 0.25) is 0 Å². The second kappa shape index (κ2) is 5.15. The molecular weight excluding hydrogens is 280 g/mol. The molecule has 0 aliphatic rings. The van der Waals surface area contributed by atoms with Gasteiger partial charge in [0.15, 0.2) is 5.78 Å². The molecule has 0 aliphatic carbocycles. The second-order valence-corrected chi connectivity index (χ2v) is 4.48. The van der Waals surface area contributed by atoms with Crippen molar-refractivity contribution in [2.45, 2.75) is 0 Å². The molecule has 0 bridgehead atoms. The van der Waals surface area contributed by atoms with Crippen molar-refractivity contribution in [1.82, 2.24) is 0 Å². The fourth-order valence-electron chi connectivity index (χ4n) is 1.53. The van der Waals surface area contributed by atoms with Crippen LogP contribution in [0, 0.1) is 0 Å². The number of ether oxygens (including phenoxy) is 1. The number of carbonyl (C=O) groups excluding carboxylic acids is 1. The highest BCUT2D eigenvalue weighted by atomic mass is 79.9. The first-order valence-corrected chi connectivity index (χ1v) is 5.94. The van der Waals surface area contributed by atoms with Gasteiger partial charge in [0.25, 0.3) is 0 Å².